The lowest BCUT2D eigenvalue weighted by Gasteiger charge is -2.37. The standard InChI is InChI=1S/C16H24N2O2S/c19-16(15-5-3-13-21-15)18-7-2-1-4-14(18)6-8-17-9-11-20-12-10-17/h3,5,13-14H,1-2,4,6-12H2/t14-/m1/s1. The van der Waals surface area contributed by atoms with Gasteiger partial charge in [-0.3, -0.25) is 9.69 Å². The number of piperidine rings is 1. The summed E-state index contributed by atoms with van der Waals surface area (Å²) in [6, 6.07) is 4.32. The Morgan fingerprint density at radius 1 is 1.29 bits per heavy atom. The summed E-state index contributed by atoms with van der Waals surface area (Å²) in [5.41, 5.74) is 0. The zero-order valence-corrected chi connectivity index (χ0v) is 13.3. The molecule has 5 heteroatoms. The molecule has 2 fully saturated rings. The van der Waals surface area contributed by atoms with Crippen molar-refractivity contribution in [2.75, 3.05) is 39.4 Å². The van der Waals surface area contributed by atoms with Gasteiger partial charge in [0.25, 0.3) is 5.91 Å². The monoisotopic (exact) mass is 308 g/mol. The number of morpholine rings is 1. The summed E-state index contributed by atoms with van der Waals surface area (Å²) in [5.74, 6) is 0.233. The largest absolute Gasteiger partial charge is 0.379 e. The van der Waals surface area contributed by atoms with E-state index < -0.39 is 0 Å². The van der Waals surface area contributed by atoms with Gasteiger partial charge in [-0.15, -0.1) is 11.3 Å². The van der Waals surface area contributed by atoms with Crippen LogP contribution in [0.2, 0.25) is 0 Å². The van der Waals surface area contributed by atoms with Crippen LogP contribution in [-0.4, -0.2) is 61.1 Å². The Hall–Kier alpha value is -0.910. The second-order valence-corrected chi connectivity index (χ2v) is 6.82. The average Bonchev–Trinajstić information content (AvgIpc) is 3.08. The number of rotatable bonds is 4. The first-order valence-corrected chi connectivity index (χ1v) is 8.87. The van der Waals surface area contributed by atoms with Gasteiger partial charge in [0.15, 0.2) is 0 Å². The fourth-order valence-electron chi connectivity index (χ4n) is 3.27. The van der Waals surface area contributed by atoms with Gasteiger partial charge < -0.3 is 9.64 Å². The lowest BCUT2D eigenvalue weighted by atomic mass is 9.98. The quantitative estimate of drug-likeness (QED) is 0.856. The van der Waals surface area contributed by atoms with Crippen LogP contribution in [-0.2, 0) is 4.74 Å². The molecule has 0 radical (unpaired) electrons. The highest BCUT2D eigenvalue weighted by Gasteiger charge is 2.28. The molecule has 1 aromatic rings. The molecule has 0 spiro atoms. The smallest absolute Gasteiger partial charge is 0.264 e. The molecule has 1 atom stereocenters. The van der Waals surface area contributed by atoms with E-state index in [0.29, 0.717) is 6.04 Å². The first-order valence-electron chi connectivity index (χ1n) is 7.99. The summed E-state index contributed by atoms with van der Waals surface area (Å²) in [6.45, 7) is 5.77. The molecule has 1 aromatic heterocycles. The van der Waals surface area contributed by atoms with E-state index in [0.717, 1.165) is 63.5 Å². The molecule has 0 unspecified atom stereocenters. The Bertz CT molecular complexity index is 443. The van der Waals surface area contributed by atoms with Crippen LogP contribution >= 0.6 is 11.3 Å². The fraction of sp³-hybridized carbons (Fsp3) is 0.688. The van der Waals surface area contributed by atoms with Crippen molar-refractivity contribution in [3.63, 3.8) is 0 Å². The van der Waals surface area contributed by atoms with Crippen molar-refractivity contribution in [3.05, 3.63) is 22.4 Å². The predicted octanol–water partition coefficient (Wildman–Crippen LogP) is 2.47. The van der Waals surface area contributed by atoms with Gasteiger partial charge >= 0.3 is 0 Å². The van der Waals surface area contributed by atoms with E-state index in [4.69, 9.17) is 4.74 Å². The predicted molar refractivity (Wildman–Crippen MR) is 84.9 cm³/mol. The molecule has 1 amide bonds. The van der Waals surface area contributed by atoms with Crippen molar-refractivity contribution in [3.8, 4) is 0 Å². The van der Waals surface area contributed by atoms with Crippen LogP contribution < -0.4 is 0 Å². The summed E-state index contributed by atoms with van der Waals surface area (Å²) in [5, 5.41) is 1.99. The zero-order valence-electron chi connectivity index (χ0n) is 12.5. The molecule has 21 heavy (non-hydrogen) atoms. The molecule has 116 valence electrons. The normalized spacial score (nSPS) is 24.2. The first kappa shape index (κ1) is 15.0. The summed E-state index contributed by atoms with van der Waals surface area (Å²) in [7, 11) is 0. The van der Waals surface area contributed by atoms with Gasteiger partial charge in [0.1, 0.15) is 0 Å². The van der Waals surface area contributed by atoms with Gasteiger partial charge in [-0.1, -0.05) is 6.07 Å². The van der Waals surface area contributed by atoms with Crippen molar-refractivity contribution < 1.29 is 9.53 Å². The fourth-order valence-corrected chi connectivity index (χ4v) is 3.95. The summed E-state index contributed by atoms with van der Waals surface area (Å²) in [6.07, 6.45) is 4.64. The van der Waals surface area contributed by atoms with E-state index in [-0.39, 0.29) is 5.91 Å². The van der Waals surface area contributed by atoms with Crippen LogP contribution in [0.5, 0.6) is 0 Å². The lowest BCUT2D eigenvalue weighted by Crippen LogP contribution is -2.46. The van der Waals surface area contributed by atoms with Crippen molar-refractivity contribution in [1.82, 2.24) is 9.80 Å². The third kappa shape index (κ3) is 3.84. The summed E-state index contributed by atoms with van der Waals surface area (Å²) >= 11 is 1.55. The number of carbonyl (C=O) groups is 1. The zero-order chi connectivity index (χ0) is 14.5. The van der Waals surface area contributed by atoms with Crippen LogP contribution in [0, 0.1) is 0 Å². The van der Waals surface area contributed by atoms with Crippen molar-refractivity contribution >= 4 is 17.2 Å². The van der Waals surface area contributed by atoms with Gasteiger partial charge in [0.2, 0.25) is 0 Å². The number of likely N-dealkylation sites (tertiary alicyclic amines) is 1. The number of nitrogens with zero attached hydrogens (tertiary/aromatic N) is 2. The molecule has 3 heterocycles. The third-order valence-corrected chi connectivity index (χ3v) is 5.36. The van der Waals surface area contributed by atoms with E-state index >= 15 is 0 Å². The maximum absolute atomic E-state index is 12.6. The molecular weight excluding hydrogens is 284 g/mol. The van der Waals surface area contributed by atoms with Crippen LogP contribution in [0.25, 0.3) is 0 Å². The Labute approximate surface area is 130 Å². The van der Waals surface area contributed by atoms with E-state index in [1.807, 2.05) is 17.5 Å². The summed E-state index contributed by atoms with van der Waals surface area (Å²) < 4.78 is 5.40. The molecule has 2 saturated heterocycles. The van der Waals surface area contributed by atoms with Crippen molar-refractivity contribution in [2.45, 2.75) is 31.7 Å². The summed E-state index contributed by atoms with van der Waals surface area (Å²) in [4.78, 5) is 18.1. The van der Waals surface area contributed by atoms with Crippen LogP contribution in [0.1, 0.15) is 35.4 Å². The Morgan fingerprint density at radius 3 is 2.90 bits per heavy atom. The van der Waals surface area contributed by atoms with E-state index in [9.17, 15) is 4.79 Å². The van der Waals surface area contributed by atoms with Gasteiger partial charge in [-0.25, -0.2) is 0 Å². The minimum atomic E-state index is 0.233. The SMILES string of the molecule is O=C(c1cccs1)N1CCCC[C@@H]1CCN1CCOCC1. The first-order chi connectivity index (χ1) is 10.3. The van der Waals surface area contributed by atoms with Crippen LogP contribution in [0.15, 0.2) is 17.5 Å². The van der Waals surface area contributed by atoms with Gasteiger partial charge in [-0.2, -0.15) is 0 Å². The number of carbonyl (C=O) groups excluding carboxylic acids is 1. The van der Waals surface area contributed by atoms with Crippen LogP contribution in [0.3, 0.4) is 0 Å². The Morgan fingerprint density at radius 2 is 2.14 bits per heavy atom. The maximum atomic E-state index is 12.6. The molecule has 0 N–H and O–H groups in total. The minimum absolute atomic E-state index is 0.233. The highest BCUT2D eigenvalue weighted by atomic mass is 32.1. The number of amides is 1. The molecule has 4 nitrogen and oxygen atoms in total. The molecule has 0 saturated carbocycles. The van der Waals surface area contributed by atoms with Crippen molar-refractivity contribution in [1.29, 1.82) is 0 Å². The second kappa shape index (κ2) is 7.38. The minimum Gasteiger partial charge on any atom is -0.379 e. The molecule has 0 bridgehead atoms. The Balaban J connectivity index is 1.57. The van der Waals surface area contributed by atoms with Crippen molar-refractivity contribution in [2.24, 2.45) is 0 Å². The molecular formula is C16H24N2O2S. The highest BCUT2D eigenvalue weighted by molar-refractivity contribution is 7.12. The molecule has 2 aliphatic heterocycles. The van der Waals surface area contributed by atoms with Gasteiger partial charge in [0.05, 0.1) is 18.1 Å². The molecule has 2 aliphatic rings. The highest BCUT2D eigenvalue weighted by Crippen LogP contribution is 2.24. The molecule has 0 aromatic carbocycles. The van der Waals surface area contributed by atoms with Gasteiger partial charge in [0, 0.05) is 32.2 Å². The van der Waals surface area contributed by atoms with E-state index in [2.05, 4.69) is 9.80 Å². The van der Waals surface area contributed by atoms with E-state index in [1.165, 1.54) is 6.42 Å². The molecule has 3 rings (SSSR count). The van der Waals surface area contributed by atoms with E-state index in [1.54, 1.807) is 11.3 Å². The maximum Gasteiger partial charge on any atom is 0.264 e. The lowest BCUT2D eigenvalue weighted by molar-refractivity contribution is 0.0296. The van der Waals surface area contributed by atoms with Crippen LogP contribution in [0.4, 0.5) is 0 Å². The number of thiophene rings is 1. The number of hydrogen-bond donors (Lipinski definition) is 0. The molecule has 0 aliphatic carbocycles. The third-order valence-electron chi connectivity index (χ3n) is 4.50. The Kier molecular flexibility index (Phi) is 5.27. The average molecular weight is 308 g/mol. The second-order valence-electron chi connectivity index (χ2n) is 5.87. The van der Waals surface area contributed by atoms with Gasteiger partial charge in [-0.05, 0) is 37.1 Å². The number of hydrogen-bond acceptors (Lipinski definition) is 4. The topological polar surface area (TPSA) is 32.8 Å². The number of ether oxygens (including phenoxy) is 1.